The summed E-state index contributed by atoms with van der Waals surface area (Å²) < 4.78 is 38.1. The summed E-state index contributed by atoms with van der Waals surface area (Å²) in [6.45, 7) is 8.86. The monoisotopic (exact) mass is 318 g/mol. The molecule has 0 saturated carbocycles. The summed E-state index contributed by atoms with van der Waals surface area (Å²) in [4.78, 5) is 0.243. The highest BCUT2D eigenvalue weighted by molar-refractivity contribution is 7.89. The normalized spacial score (nSPS) is 13.6. The molecule has 1 atom stereocenters. The van der Waals surface area contributed by atoms with Crippen LogP contribution in [0.5, 0.6) is 0 Å². The lowest BCUT2D eigenvalue weighted by Crippen LogP contribution is -2.32. The summed E-state index contributed by atoms with van der Waals surface area (Å²) in [7, 11) is -2.06. The van der Waals surface area contributed by atoms with E-state index in [1.807, 2.05) is 0 Å². The van der Waals surface area contributed by atoms with Gasteiger partial charge in [0.25, 0.3) is 0 Å². The summed E-state index contributed by atoms with van der Waals surface area (Å²) >= 11 is 0. The molecule has 1 unspecified atom stereocenters. The van der Waals surface area contributed by atoms with Crippen LogP contribution in [0.1, 0.15) is 37.4 Å². The number of sulfonamides is 1. The van der Waals surface area contributed by atoms with E-state index < -0.39 is 10.0 Å². The molecule has 0 aliphatic heterocycles. The van der Waals surface area contributed by atoms with Gasteiger partial charge in [0.05, 0.1) is 6.10 Å². The van der Waals surface area contributed by atoms with Crippen LogP contribution in [-0.2, 0) is 21.3 Å². The van der Waals surface area contributed by atoms with Gasteiger partial charge in [-0.2, -0.15) is 0 Å². The molecule has 0 aromatic carbocycles. The molecule has 122 valence electrons. The highest BCUT2D eigenvalue weighted by Crippen LogP contribution is 2.26. The van der Waals surface area contributed by atoms with Crippen molar-refractivity contribution < 1.29 is 17.6 Å². The van der Waals surface area contributed by atoms with Crippen molar-refractivity contribution in [2.45, 2.75) is 51.7 Å². The first-order chi connectivity index (χ1) is 9.83. The first-order valence-corrected chi connectivity index (χ1v) is 8.63. The van der Waals surface area contributed by atoms with Gasteiger partial charge in [0.2, 0.25) is 10.0 Å². The summed E-state index contributed by atoms with van der Waals surface area (Å²) in [6.07, 6.45) is 0.802. The summed E-state index contributed by atoms with van der Waals surface area (Å²) in [5.41, 5.74) is 0.693. The Bertz CT molecular complexity index is 552. The summed E-state index contributed by atoms with van der Waals surface area (Å²) in [5.74, 6) is 1.05. The first kappa shape index (κ1) is 18.2. The average molecular weight is 318 g/mol. The van der Waals surface area contributed by atoms with Gasteiger partial charge in [0.15, 0.2) is 0 Å². The van der Waals surface area contributed by atoms with Crippen LogP contribution in [0, 0.1) is 13.8 Å². The lowest BCUT2D eigenvalue weighted by Gasteiger charge is -2.12. The topological polar surface area (TPSA) is 80.6 Å². The van der Waals surface area contributed by atoms with E-state index in [-0.39, 0.29) is 17.5 Å². The maximum atomic E-state index is 12.5. The molecule has 6 nitrogen and oxygen atoms in total. The molecule has 21 heavy (non-hydrogen) atoms. The molecule has 0 aliphatic rings. The molecule has 1 heterocycles. The van der Waals surface area contributed by atoms with Crippen LogP contribution in [0.3, 0.4) is 0 Å². The Morgan fingerprint density at radius 1 is 1.29 bits per heavy atom. The van der Waals surface area contributed by atoms with E-state index in [0.29, 0.717) is 23.6 Å². The molecule has 2 N–H and O–H groups in total. The smallest absolute Gasteiger partial charge is 0.244 e. The Labute approximate surface area is 127 Å². The minimum Gasteiger partial charge on any atom is -0.465 e. The van der Waals surface area contributed by atoms with Gasteiger partial charge >= 0.3 is 0 Å². The molecule has 0 fully saturated rings. The fourth-order valence-corrected chi connectivity index (χ4v) is 3.60. The van der Waals surface area contributed by atoms with Gasteiger partial charge < -0.3 is 14.5 Å². The fraction of sp³-hybridized carbons (Fsp3) is 0.714. The van der Waals surface area contributed by atoms with Gasteiger partial charge in [-0.25, -0.2) is 13.1 Å². The molecule has 0 amide bonds. The number of ether oxygens (including phenoxy) is 1. The molecule has 1 aromatic rings. The van der Waals surface area contributed by atoms with Gasteiger partial charge in [-0.05, 0) is 33.7 Å². The van der Waals surface area contributed by atoms with Crippen molar-refractivity contribution in [3.63, 3.8) is 0 Å². The summed E-state index contributed by atoms with van der Waals surface area (Å²) in [5, 5.41) is 3.22. The molecule has 0 bridgehead atoms. The van der Waals surface area contributed by atoms with E-state index in [1.165, 1.54) is 0 Å². The minimum absolute atomic E-state index is 0.185. The van der Waals surface area contributed by atoms with E-state index in [4.69, 9.17) is 9.15 Å². The fourth-order valence-electron chi connectivity index (χ4n) is 2.04. The Morgan fingerprint density at radius 3 is 2.52 bits per heavy atom. The molecular weight excluding hydrogens is 292 g/mol. The maximum Gasteiger partial charge on any atom is 0.244 e. The van der Waals surface area contributed by atoms with E-state index in [9.17, 15) is 8.42 Å². The van der Waals surface area contributed by atoms with Crippen molar-refractivity contribution in [1.82, 2.24) is 10.0 Å². The SMILES string of the molecule is CCCNCc1c(C)oc(C)c1S(=O)(=O)NCC(C)OC. The van der Waals surface area contributed by atoms with Crippen LogP contribution < -0.4 is 10.0 Å². The zero-order valence-electron chi connectivity index (χ0n) is 13.4. The van der Waals surface area contributed by atoms with Crippen molar-refractivity contribution in [2.24, 2.45) is 0 Å². The molecule has 7 heteroatoms. The van der Waals surface area contributed by atoms with Gasteiger partial charge in [0, 0.05) is 25.8 Å². The third-order valence-electron chi connectivity index (χ3n) is 3.29. The number of aryl methyl sites for hydroxylation is 2. The number of methoxy groups -OCH3 is 1. The van der Waals surface area contributed by atoms with Crippen LogP contribution in [0.4, 0.5) is 0 Å². The molecule has 0 spiro atoms. The standard InChI is InChI=1S/C14H26N2O4S/c1-6-7-15-9-13-11(3)20-12(4)14(13)21(17,18)16-8-10(2)19-5/h10,15-16H,6-9H2,1-5H3. The number of hydrogen-bond acceptors (Lipinski definition) is 5. The first-order valence-electron chi connectivity index (χ1n) is 7.15. The average Bonchev–Trinajstić information content (AvgIpc) is 2.71. The van der Waals surface area contributed by atoms with Gasteiger partial charge in [-0.1, -0.05) is 6.92 Å². The van der Waals surface area contributed by atoms with E-state index >= 15 is 0 Å². The summed E-state index contributed by atoms with van der Waals surface area (Å²) in [6, 6.07) is 0. The highest BCUT2D eigenvalue weighted by Gasteiger charge is 2.26. The van der Waals surface area contributed by atoms with Crippen LogP contribution >= 0.6 is 0 Å². The van der Waals surface area contributed by atoms with Gasteiger partial charge in [-0.3, -0.25) is 0 Å². The zero-order valence-corrected chi connectivity index (χ0v) is 14.3. The Kier molecular flexibility index (Phi) is 6.86. The minimum atomic E-state index is -3.61. The van der Waals surface area contributed by atoms with Crippen molar-refractivity contribution in [3.8, 4) is 0 Å². The van der Waals surface area contributed by atoms with Crippen LogP contribution in [0.2, 0.25) is 0 Å². The van der Waals surface area contributed by atoms with E-state index in [2.05, 4.69) is 17.0 Å². The number of rotatable bonds is 9. The Balaban J connectivity index is 2.99. The molecular formula is C14H26N2O4S. The van der Waals surface area contributed by atoms with Gasteiger partial charge in [0.1, 0.15) is 16.4 Å². The molecule has 1 aromatic heterocycles. The highest BCUT2D eigenvalue weighted by atomic mass is 32.2. The predicted octanol–water partition coefficient (Wildman–Crippen LogP) is 1.71. The van der Waals surface area contributed by atoms with Crippen molar-refractivity contribution in [2.75, 3.05) is 20.2 Å². The number of furan rings is 1. The van der Waals surface area contributed by atoms with E-state index in [0.717, 1.165) is 13.0 Å². The quantitative estimate of drug-likeness (QED) is 0.678. The second-order valence-corrected chi connectivity index (χ2v) is 6.80. The predicted molar refractivity (Wildman–Crippen MR) is 81.8 cm³/mol. The number of hydrogen-bond donors (Lipinski definition) is 2. The third kappa shape index (κ3) is 4.81. The Hall–Kier alpha value is -0.890. The van der Waals surface area contributed by atoms with E-state index in [1.54, 1.807) is 27.9 Å². The lowest BCUT2D eigenvalue weighted by atomic mass is 10.2. The van der Waals surface area contributed by atoms with Crippen LogP contribution in [-0.4, -0.2) is 34.7 Å². The van der Waals surface area contributed by atoms with Gasteiger partial charge in [-0.15, -0.1) is 0 Å². The molecule has 0 radical (unpaired) electrons. The van der Waals surface area contributed by atoms with Crippen molar-refractivity contribution in [1.29, 1.82) is 0 Å². The van der Waals surface area contributed by atoms with Crippen molar-refractivity contribution in [3.05, 3.63) is 17.1 Å². The molecule has 0 aliphatic carbocycles. The largest absolute Gasteiger partial charge is 0.465 e. The van der Waals surface area contributed by atoms with Crippen molar-refractivity contribution >= 4 is 10.0 Å². The lowest BCUT2D eigenvalue weighted by molar-refractivity contribution is 0.122. The molecule has 1 rings (SSSR count). The zero-order chi connectivity index (χ0) is 16.0. The van der Waals surface area contributed by atoms with Crippen LogP contribution in [0.15, 0.2) is 9.31 Å². The van der Waals surface area contributed by atoms with Crippen LogP contribution in [0.25, 0.3) is 0 Å². The molecule has 0 saturated heterocycles. The Morgan fingerprint density at radius 2 is 1.95 bits per heavy atom. The number of nitrogens with one attached hydrogen (secondary N) is 2. The second-order valence-electron chi connectivity index (χ2n) is 5.10. The third-order valence-corrected chi connectivity index (χ3v) is 4.90. The second kappa shape index (κ2) is 7.93. The maximum absolute atomic E-state index is 12.5.